The molecule has 0 aliphatic heterocycles. The van der Waals surface area contributed by atoms with E-state index in [1.807, 2.05) is 0 Å². The van der Waals surface area contributed by atoms with Crippen LogP contribution in [0.2, 0.25) is 0 Å². The molecule has 0 heteroatoms. The topological polar surface area (TPSA) is 0 Å². The van der Waals surface area contributed by atoms with Crippen molar-refractivity contribution in [3.63, 3.8) is 0 Å². The highest BCUT2D eigenvalue weighted by Crippen LogP contribution is 2.19. The average Bonchev–Trinajstić information content (AvgIpc) is 2.30. The van der Waals surface area contributed by atoms with Crippen LogP contribution in [0.25, 0.3) is 0 Å². The first-order chi connectivity index (χ1) is 8.29. The fraction of sp³-hybridized carbons (Fsp3) is 0.882. The molecule has 0 aromatic carbocycles. The van der Waals surface area contributed by atoms with Gasteiger partial charge in [-0.2, -0.15) is 0 Å². The Morgan fingerprint density at radius 1 is 0.765 bits per heavy atom. The summed E-state index contributed by atoms with van der Waals surface area (Å²) in [5.74, 6) is 0.806. The van der Waals surface area contributed by atoms with Crippen LogP contribution in [0.15, 0.2) is 11.6 Å². The Morgan fingerprint density at radius 3 is 1.82 bits per heavy atom. The molecule has 0 fully saturated rings. The lowest BCUT2D eigenvalue weighted by atomic mass is 9.98. The van der Waals surface area contributed by atoms with Gasteiger partial charge in [-0.05, 0) is 32.1 Å². The van der Waals surface area contributed by atoms with Crippen molar-refractivity contribution in [1.29, 1.82) is 0 Å². The monoisotopic (exact) mass is 236 g/mol. The van der Waals surface area contributed by atoms with Crippen molar-refractivity contribution in [3.8, 4) is 0 Å². The predicted molar refractivity (Wildman–Crippen MR) is 78.3 cm³/mol. The molecule has 1 aliphatic carbocycles. The van der Waals surface area contributed by atoms with E-state index < -0.39 is 0 Å². The summed E-state index contributed by atoms with van der Waals surface area (Å²) in [5, 5.41) is 0. The lowest BCUT2D eigenvalue weighted by Crippen LogP contribution is -1.92. The number of hydrogen-bond acceptors (Lipinski definition) is 0. The van der Waals surface area contributed by atoms with Crippen molar-refractivity contribution >= 4 is 0 Å². The van der Waals surface area contributed by atoms with E-state index in [9.17, 15) is 0 Å². The minimum atomic E-state index is 0.806. The maximum absolute atomic E-state index is 2.53. The maximum Gasteiger partial charge on any atom is -0.0259 e. The second-order valence-corrected chi connectivity index (χ2v) is 6.06. The van der Waals surface area contributed by atoms with Crippen molar-refractivity contribution in [2.75, 3.05) is 0 Å². The third-order valence-electron chi connectivity index (χ3n) is 4.05. The largest absolute Gasteiger partial charge is 0.0828 e. The van der Waals surface area contributed by atoms with Gasteiger partial charge in [-0.25, -0.2) is 0 Å². The number of rotatable bonds is 0. The first-order valence-electron chi connectivity index (χ1n) is 7.96. The molecule has 0 saturated heterocycles. The molecule has 0 radical (unpaired) electrons. The van der Waals surface area contributed by atoms with Crippen LogP contribution >= 0.6 is 0 Å². The summed E-state index contributed by atoms with van der Waals surface area (Å²) in [6, 6.07) is 0. The Bertz CT molecular complexity index is 202. The van der Waals surface area contributed by atoms with E-state index in [1.54, 1.807) is 5.57 Å². The van der Waals surface area contributed by atoms with Crippen LogP contribution in [-0.4, -0.2) is 0 Å². The molecule has 100 valence electrons. The van der Waals surface area contributed by atoms with Gasteiger partial charge in [-0.3, -0.25) is 0 Å². The molecule has 1 aliphatic rings. The lowest BCUT2D eigenvalue weighted by molar-refractivity contribution is 0.528. The summed E-state index contributed by atoms with van der Waals surface area (Å²) >= 11 is 0. The van der Waals surface area contributed by atoms with Crippen LogP contribution in [-0.2, 0) is 0 Å². The van der Waals surface area contributed by atoms with Gasteiger partial charge in [-0.1, -0.05) is 76.4 Å². The average molecular weight is 236 g/mol. The highest BCUT2D eigenvalue weighted by Gasteiger charge is 2.01. The molecular weight excluding hydrogens is 204 g/mol. The third kappa shape index (κ3) is 8.46. The molecule has 0 aromatic rings. The second-order valence-electron chi connectivity index (χ2n) is 6.06. The molecule has 17 heavy (non-hydrogen) atoms. The van der Waals surface area contributed by atoms with Crippen molar-refractivity contribution in [1.82, 2.24) is 0 Å². The lowest BCUT2D eigenvalue weighted by Gasteiger charge is -2.08. The van der Waals surface area contributed by atoms with E-state index in [0.717, 1.165) is 5.92 Å². The molecule has 0 N–H and O–H groups in total. The molecule has 1 rings (SSSR count). The molecule has 0 saturated carbocycles. The quantitative estimate of drug-likeness (QED) is 0.435. The zero-order valence-electron chi connectivity index (χ0n) is 12.1. The Labute approximate surface area is 109 Å². The minimum Gasteiger partial charge on any atom is -0.0828 e. The highest BCUT2D eigenvalue weighted by atomic mass is 14.1. The third-order valence-corrected chi connectivity index (χ3v) is 4.05. The van der Waals surface area contributed by atoms with Crippen LogP contribution in [0.1, 0.15) is 90.9 Å². The molecule has 0 amide bonds. The standard InChI is InChI=1S/C17H32/c1-16-13-11-9-7-5-3-4-6-8-10-12-14-17(2)15-16/h15-16H,3-14H2,1-2H3/b17-15+. The van der Waals surface area contributed by atoms with Gasteiger partial charge in [0.1, 0.15) is 0 Å². The van der Waals surface area contributed by atoms with Crippen LogP contribution in [0.5, 0.6) is 0 Å². The summed E-state index contributed by atoms with van der Waals surface area (Å²) in [6.45, 7) is 4.72. The summed E-state index contributed by atoms with van der Waals surface area (Å²) in [4.78, 5) is 0. The van der Waals surface area contributed by atoms with Gasteiger partial charge < -0.3 is 0 Å². The van der Waals surface area contributed by atoms with E-state index >= 15 is 0 Å². The summed E-state index contributed by atoms with van der Waals surface area (Å²) in [7, 11) is 0. The van der Waals surface area contributed by atoms with Crippen molar-refractivity contribution in [3.05, 3.63) is 11.6 Å². The molecule has 1 unspecified atom stereocenters. The molecule has 0 bridgehead atoms. The van der Waals surface area contributed by atoms with Gasteiger partial charge in [0.2, 0.25) is 0 Å². The van der Waals surface area contributed by atoms with Gasteiger partial charge in [0.25, 0.3) is 0 Å². The molecule has 0 nitrogen and oxygen atoms in total. The van der Waals surface area contributed by atoms with E-state index in [2.05, 4.69) is 19.9 Å². The summed E-state index contributed by atoms with van der Waals surface area (Å²) in [6.07, 6.45) is 19.8. The first kappa shape index (κ1) is 14.8. The van der Waals surface area contributed by atoms with Crippen LogP contribution in [0.4, 0.5) is 0 Å². The van der Waals surface area contributed by atoms with Crippen molar-refractivity contribution in [2.24, 2.45) is 5.92 Å². The van der Waals surface area contributed by atoms with Gasteiger partial charge >= 0.3 is 0 Å². The van der Waals surface area contributed by atoms with Crippen LogP contribution < -0.4 is 0 Å². The van der Waals surface area contributed by atoms with E-state index in [4.69, 9.17) is 0 Å². The number of allylic oxidation sites excluding steroid dienone is 2. The highest BCUT2D eigenvalue weighted by molar-refractivity contribution is 5.00. The minimum absolute atomic E-state index is 0.806. The predicted octanol–water partition coefficient (Wildman–Crippen LogP) is 6.26. The summed E-state index contributed by atoms with van der Waals surface area (Å²) < 4.78 is 0. The second kappa shape index (κ2) is 9.74. The van der Waals surface area contributed by atoms with Gasteiger partial charge in [0, 0.05) is 0 Å². The molecule has 0 spiro atoms. The van der Waals surface area contributed by atoms with Crippen molar-refractivity contribution in [2.45, 2.75) is 90.9 Å². The molecule has 1 atom stereocenters. The first-order valence-corrected chi connectivity index (χ1v) is 7.96. The molecular formula is C17H32. The van der Waals surface area contributed by atoms with Crippen LogP contribution in [0, 0.1) is 5.92 Å². The fourth-order valence-corrected chi connectivity index (χ4v) is 2.94. The maximum atomic E-state index is 2.53. The Hall–Kier alpha value is -0.260. The van der Waals surface area contributed by atoms with E-state index in [0.29, 0.717) is 0 Å². The Kier molecular flexibility index (Phi) is 8.48. The zero-order valence-corrected chi connectivity index (χ0v) is 12.1. The number of hydrogen-bond donors (Lipinski definition) is 0. The fourth-order valence-electron chi connectivity index (χ4n) is 2.94. The Balaban J connectivity index is 2.30. The van der Waals surface area contributed by atoms with Crippen molar-refractivity contribution < 1.29 is 0 Å². The van der Waals surface area contributed by atoms with Gasteiger partial charge in [-0.15, -0.1) is 0 Å². The van der Waals surface area contributed by atoms with Gasteiger partial charge in [0.15, 0.2) is 0 Å². The normalized spacial score (nSPS) is 29.8. The molecule has 0 aromatic heterocycles. The molecule has 0 heterocycles. The summed E-state index contributed by atoms with van der Waals surface area (Å²) in [5.41, 5.74) is 1.63. The van der Waals surface area contributed by atoms with E-state index in [-0.39, 0.29) is 0 Å². The SMILES string of the molecule is C/C1=C\C(C)CCCCCCCCCCCC1. The Morgan fingerprint density at radius 2 is 1.24 bits per heavy atom. The smallest absolute Gasteiger partial charge is 0.0259 e. The van der Waals surface area contributed by atoms with Gasteiger partial charge in [0.05, 0.1) is 0 Å². The zero-order chi connectivity index (χ0) is 12.3. The van der Waals surface area contributed by atoms with E-state index in [1.165, 1.54) is 77.0 Å². The van der Waals surface area contributed by atoms with Crippen LogP contribution in [0.3, 0.4) is 0 Å².